The highest BCUT2D eigenvalue weighted by Gasteiger charge is 2.30. The van der Waals surface area contributed by atoms with Gasteiger partial charge >= 0.3 is 6.18 Å². The summed E-state index contributed by atoms with van der Waals surface area (Å²) in [5.41, 5.74) is 0.474. The summed E-state index contributed by atoms with van der Waals surface area (Å²) in [5.74, 6) is 5.02. The Balaban J connectivity index is 2.21. The summed E-state index contributed by atoms with van der Waals surface area (Å²) >= 11 is 5.78. The minimum atomic E-state index is -4.41. The number of hydrogen-bond acceptors (Lipinski definition) is 4. The van der Waals surface area contributed by atoms with Crippen LogP contribution in [0.4, 0.5) is 18.9 Å². The van der Waals surface area contributed by atoms with Gasteiger partial charge in [-0.25, -0.2) is 4.98 Å². The molecule has 0 spiro atoms. The second kappa shape index (κ2) is 6.74. The van der Waals surface area contributed by atoms with E-state index in [0.717, 1.165) is 18.3 Å². The molecule has 0 aliphatic heterocycles. The van der Waals surface area contributed by atoms with Crippen molar-refractivity contribution in [2.24, 2.45) is 5.84 Å². The summed E-state index contributed by atoms with van der Waals surface area (Å²) in [6, 6.07) is 6.37. The van der Waals surface area contributed by atoms with E-state index >= 15 is 0 Å². The molecule has 0 aliphatic carbocycles. The molecule has 3 N–H and O–H groups in total. The first kappa shape index (κ1) is 16.9. The van der Waals surface area contributed by atoms with Gasteiger partial charge in [-0.15, -0.1) is 0 Å². The Kier molecular flexibility index (Phi) is 4.95. The number of benzene rings is 1. The molecule has 0 atom stereocenters. The lowest BCUT2D eigenvalue weighted by Gasteiger charge is -2.11. The van der Waals surface area contributed by atoms with Crippen LogP contribution in [0.25, 0.3) is 0 Å². The number of anilines is 1. The van der Waals surface area contributed by atoms with Gasteiger partial charge in [0.1, 0.15) is 5.15 Å². The first-order valence-electron chi connectivity index (χ1n) is 6.37. The molecule has 5 nitrogen and oxygen atoms in total. The molecule has 1 heterocycles. The maximum absolute atomic E-state index is 12.7. The fourth-order valence-electron chi connectivity index (χ4n) is 1.89. The Hall–Kier alpha value is -2.48. The van der Waals surface area contributed by atoms with Crippen molar-refractivity contribution < 1.29 is 18.0 Å². The zero-order valence-corrected chi connectivity index (χ0v) is 12.4. The predicted molar refractivity (Wildman–Crippen MR) is 81.0 cm³/mol. The smallest absolute Gasteiger partial charge is 0.416 e. The van der Waals surface area contributed by atoms with Gasteiger partial charge in [-0.2, -0.15) is 19.0 Å². The summed E-state index contributed by atoms with van der Waals surface area (Å²) in [4.78, 5) is 3.92. The standard InChI is InChI=1S/C14H12ClF3N4O/c15-13-5-12(10(7-21-13)8-22(19)23)20-6-9-2-1-3-11(4-9)14(16,17)18/h1-5,7-8H,6,19H2,(H,20,21)/b22-8-. The SMILES string of the molecule is N/[N+]([O-])=C/c1cnc(Cl)cc1NCc1cccc(C(F)(F)F)c1. The van der Waals surface area contributed by atoms with E-state index in [-0.39, 0.29) is 16.5 Å². The summed E-state index contributed by atoms with van der Waals surface area (Å²) in [5, 5.41) is 14.0. The molecule has 0 aliphatic rings. The van der Waals surface area contributed by atoms with Crippen LogP contribution in [0.2, 0.25) is 5.15 Å². The molecule has 122 valence electrons. The van der Waals surface area contributed by atoms with Crippen molar-refractivity contribution >= 4 is 23.5 Å². The predicted octanol–water partition coefficient (Wildman–Crippen LogP) is 3.17. The monoisotopic (exact) mass is 344 g/mol. The average molecular weight is 345 g/mol. The second-order valence-corrected chi connectivity index (χ2v) is 5.02. The third-order valence-electron chi connectivity index (χ3n) is 2.91. The number of hydrazine groups is 1. The molecule has 1 aromatic carbocycles. The fourth-order valence-corrected chi connectivity index (χ4v) is 2.05. The largest absolute Gasteiger partial charge is 0.597 e. The van der Waals surface area contributed by atoms with E-state index < -0.39 is 11.7 Å². The average Bonchev–Trinajstić information content (AvgIpc) is 2.46. The van der Waals surface area contributed by atoms with Gasteiger partial charge in [0.05, 0.1) is 16.8 Å². The molecule has 0 saturated carbocycles. The Morgan fingerprint density at radius 2 is 2.09 bits per heavy atom. The van der Waals surface area contributed by atoms with Crippen molar-refractivity contribution in [3.05, 3.63) is 63.6 Å². The third kappa shape index (κ3) is 4.75. The van der Waals surface area contributed by atoms with E-state index in [4.69, 9.17) is 17.4 Å². The van der Waals surface area contributed by atoms with Crippen molar-refractivity contribution in [3.63, 3.8) is 0 Å². The lowest BCUT2D eigenvalue weighted by atomic mass is 10.1. The van der Waals surface area contributed by atoms with Crippen LogP contribution in [0.15, 0.2) is 36.5 Å². The first-order chi connectivity index (χ1) is 10.8. The van der Waals surface area contributed by atoms with Gasteiger partial charge in [0.25, 0.3) is 0 Å². The van der Waals surface area contributed by atoms with Gasteiger partial charge in [0, 0.05) is 12.7 Å². The number of nitrogens with one attached hydrogen (secondary N) is 1. The molecule has 2 aromatic rings. The Bertz CT molecular complexity index is 730. The quantitative estimate of drug-likeness (QED) is 0.223. The van der Waals surface area contributed by atoms with Gasteiger partial charge in [0.2, 0.25) is 6.21 Å². The van der Waals surface area contributed by atoms with Gasteiger partial charge in [-0.3, -0.25) is 0 Å². The molecule has 1 aromatic heterocycles. The van der Waals surface area contributed by atoms with E-state index in [1.54, 1.807) is 6.07 Å². The number of nitrogens with zero attached hydrogens (tertiary/aromatic N) is 2. The maximum Gasteiger partial charge on any atom is 0.416 e. The zero-order chi connectivity index (χ0) is 17.0. The summed E-state index contributed by atoms with van der Waals surface area (Å²) < 4.78 is 38.1. The van der Waals surface area contributed by atoms with Crippen molar-refractivity contribution in [3.8, 4) is 0 Å². The number of rotatable bonds is 4. The molecule has 0 amide bonds. The number of pyridine rings is 1. The van der Waals surface area contributed by atoms with Crippen molar-refractivity contribution in [2.45, 2.75) is 12.7 Å². The normalized spacial score (nSPS) is 12.3. The van der Waals surface area contributed by atoms with Crippen LogP contribution in [0.3, 0.4) is 0 Å². The molecular weight excluding hydrogens is 333 g/mol. The van der Waals surface area contributed by atoms with Crippen molar-refractivity contribution in [1.82, 2.24) is 4.98 Å². The number of hydrogen-bond donors (Lipinski definition) is 2. The highest BCUT2D eigenvalue weighted by Crippen LogP contribution is 2.29. The second-order valence-electron chi connectivity index (χ2n) is 4.63. The highest BCUT2D eigenvalue weighted by atomic mass is 35.5. The Morgan fingerprint density at radius 1 is 1.35 bits per heavy atom. The molecule has 0 bridgehead atoms. The number of nitrogens with two attached hydrogens (primary N) is 1. The molecule has 0 saturated heterocycles. The maximum atomic E-state index is 12.7. The van der Waals surface area contributed by atoms with E-state index in [2.05, 4.69) is 10.3 Å². The topological polar surface area (TPSA) is 77.0 Å². The van der Waals surface area contributed by atoms with Crippen LogP contribution < -0.4 is 11.2 Å². The molecule has 9 heteroatoms. The van der Waals surface area contributed by atoms with Crippen molar-refractivity contribution in [2.75, 3.05) is 5.32 Å². The minimum absolute atomic E-state index is 0.0976. The highest BCUT2D eigenvalue weighted by molar-refractivity contribution is 6.29. The van der Waals surface area contributed by atoms with E-state index in [0.29, 0.717) is 16.8 Å². The molecular formula is C14H12ClF3N4O. The van der Waals surface area contributed by atoms with Crippen LogP contribution >= 0.6 is 11.6 Å². The van der Waals surface area contributed by atoms with Crippen LogP contribution in [0.1, 0.15) is 16.7 Å². The molecule has 2 rings (SSSR count). The zero-order valence-electron chi connectivity index (χ0n) is 11.6. The molecule has 0 unspecified atom stereocenters. The van der Waals surface area contributed by atoms with Gasteiger partial charge in [0.15, 0.2) is 0 Å². The van der Waals surface area contributed by atoms with Crippen molar-refractivity contribution in [1.29, 1.82) is 0 Å². The number of aromatic nitrogens is 1. The minimum Gasteiger partial charge on any atom is -0.597 e. The number of alkyl halides is 3. The van der Waals surface area contributed by atoms with Gasteiger partial charge in [-0.05, 0) is 23.8 Å². The Labute approximate surface area is 134 Å². The van der Waals surface area contributed by atoms with E-state index in [1.807, 2.05) is 0 Å². The van der Waals surface area contributed by atoms with Crippen LogP contribution in [0.5, 0.6) is 0 Å². The van der Waals surface area contributed by atoms with E-state index in [9.17, 15) is 18.4 Å². The molecule has 0 fully saturated rings. The Morgan fingerprint density at radius 3 is 2.74 bits per heavy atom. The van der Waals surface area contributed by atoms with Crippen LogP contribution in [-0.2, 0) is 12.7 Å². The van der Waals surface area contributed by atoms with Gasteiger partial charge in [-0.1, -0.05) is 28.6 Å². The summed E-state index contributed by atoms with van der Waals surface area (Å²) in [7, 11) is 0. The lowest BCUT2D eigenvalue weighted by Crippen LogP contribution is -2.14. The number of hydrazone groups is 1. The van der Waals surface area contributed by atoms with Gasteiger partial charge < -0.3 is 10.5 Å². The van der Waals surface area contributed by atoms with Crippen LogP contribution in [0, 0.1) is 5.21 Å². The third-order valence-corrected chi connectivity index (χ3v) is 3.11. The molecule has 0 radical (unpaired) electrons. The summed E-state index contributed by atoms with van der Waals surface area (Å²) in [6.07, 6.45) is -2.01. The fraction of sp³-hybridized carbons (Fsp3) is 0.143. The lowest BCUT2D eigenvalue weighted by molar-refractivity contribution is -0.463. The molecule has 23 heavy (non-hydrogen) atoms. The van der Waals surface area contributed by atoms with Crippen LogP contribution in [-0.4, -0.2) is 16.0 Å². The summed E-state index contributed by atoms with van der Waals surface area (Å²) in [6.45, 7) is 0.106. The first-order valence-corrected chi connectivity index (χ1v) is 6.75. The van der Waals surface area contributed by atoms with E-state index in [1.165, 1.54) is 18.3 Å². The number of halogens is 4.